The van der Waals surface area contributed by atoms with Crippen molar-refractivity contribution in [3.05, 3.63) is 77.1 Å². The number of allylic oxidation sites excluding steroid dienone is 2. The highest BCUT2D eigenvalue weighted by atomic mass is 16.5. The van der Waals surface area contributed by atoms with Gasteiger partial charge in [0.2, 0.25) is 0 Å². The Hall–Kier alpha value is -4.07. The van der Waals surface area contributed by atoms with Crippen molar-refractivity contribution in [3.8, 4) is 11.5 Å². The van der Waals surface area contributed by atoms with E-state index in [9.17, 15) is 9.59 Å². The van der Waals surface area contributed by atoms with Gasteiger partial charge >= 0.3 is 0 Å². The number of carbonyl (C=O) groups is 2. The van der Waals surface area contributed by atoms with Crippen LogP contribution in [0.3, 0.4) is 0 Å². The van der Waals surface area contributed by atoms with E-state index in [0.29, 0.717) is 41.2 Å². The monoisotopic (exact) mass is 472 g/mol. The van der Waals surface area contributed by atoms with Crippen molar-refractivity contribution in [1.82, 2.24) is 9.78 Å². The lowest BCUT2D eigenvalue weighted by molar-refractivity contribution is -0.118. The van der Waals surface area contributed by atoms with E-state index in [-0.39, 0.29) is 17.1 Å². The number of nitrogens with zero attached hydrogens (tertiary/aromatic N) is 2. The molecule has 1 amide bonds. The molecule has 0 radical (unpaired) electrons. The molecule has 0 saturated carbocycles. The molecule has 1 aliphatic carbocycles. The lowest BCUT2D eigenvalue weighted by Gasteiger charge is -2.39. The highest BCUT2D eigenvalue weighted by Crippen LogP contribution is 2.46. The zero-order chi connectivity index (χ0) is 24.7. The lowest BCUT2D eigenvalue weighted by atomic mass is 9.73. The predicted molar refractivity (Wildman–Crippen MR) is 133 cm³/mol. The number of benzene rings is 2. The third kappa shape index (κ3) is 4.16. The van der Waals surface area contributed by atoms with Crippen LogP contribution in [0.4, 0.5) is 11.5 Å². The summed E-state index contributed by atoms with van der Waals surface area (Å²) >= 11 is 0. The summed E-state index contributed by atoms with van der Waals surface area (Å²) in [5.41, 5.74) is 3.27. The summed E-state index contributed by atoms with van der Waals surface area (Å²) in [5.74, 6) is 1.73. The fourth-order valence-electron chi connectivity index (χ4n) is 4.87. The number of ketones is 1. The topological polar surface area (TPSA) is 94.5 Å². The molecule has 3 aromatic rings. The number of ether oxygens (including phenoxy) is 2. The maximum Gasteiger partial charge on any atom is 0.261 e. The van der Waals surface area contributed by atoms with Gasteiger partial charge in [-0.25, -0.2) is 4.68 Å². The zero-order valence-corrected chi connectivity index (χ0v) is 20.2. The molecule has 8 nitrogen and oxygen atoms in total. The molecule has 0 bridgehead atoms. The summed E-state index contributed by atoms with van der Waals surface area (Å²) in [6.07, 6.45) is 2.70. The largest absolute Gasteiger partial charge is 0.497 e. The van der Waals surface area contributed by atoms with E-state index >= 15 is 0 Å². The Balaban J connectivity index is 1.57. The third-order valence-corrected chi connectivity index (χ3v) is 6.51. The average Bonchev–Trinajstić information content (AvgIpc) is 3.26. The van der Waals surface area contributed by atoms with E-state index in [2.05, 4.69) is 29.6 Å². The van der Waals surface area contributed by atoms with Gasteiger partial charge in [-0.3, -0.25) is 9.59 Å². The molecule has 2 heterocycles. The van der Waals surface area contributed by atoms with E-state index in [1.54, 1.807) is 37.2 Å². The van der Waals surface area contributed by atoms with E-state index in [1.165, 1.54) is 0 Å². The first-order valence-corrected chi connectivity index (χ1v) is 11.5. The molecular weight excluding hydrogens is 444 g/mol. The molecule has 5 rings (SSSR count). The fourth-order valence-corrected chi connectivity index (χ4v) is 4.87. The Bertz CT molecular complexity index is 1340. The molecule has 2 aromatic carbocycles. The smallest absolute Gasteiger partial charge is 0.261 e. The minimum Gasteiger partial charge on any atom is -0.497 e. The fraction of sp³-hybridized carbons (Fsp3) is 0.296. The Labute approximate surface area is 203 Å². The van der Waals surface area contributed by atoms with Gasteiger partial charge in [0.1, 0.15) is 28.9 Å². The molecule has 1 aliphatic heterocycles. The van der Waals surface area contributed by atoms with E-state index in [4.69, 9.17) is 9.47 Å². The highest BCUT2D eigenvalue weighted by molar-refractivity contribution is 6.08. The van der Waals surface area contributed by atoms with Crippen LogP contribution in [0.25, 0.3) is 0 Å². The lowest BCUT2D eigenvalue weighted by Crippen LogP contribution is -2.37. The van der Waals surface area contributed by atoms with E-state index < -0.39 is 6.04 Å². The number of methoxy groups -OCH3 is 2. The van der Waals surface area contributed by atoms with Crippen molar-refractivity contribution in [2.75, 3.05) is 24.9 Å². The molecule has 2 N–H and O–H groups in total. The van der Waals surface area contributed by atoms with Gasteiger partial charge in [0.25, 0.3) is 5.91 Å². The Morgan fingerprint density at radius 3 is 2.54 bits per heavy atom. The first-order chi connectivity index (χ1) is 16.8. The second kappa shape index (κ2) is 8.61. The van der Waals surface area contributed by atoms with Crippen LogP contribution in [-0.2, 0) is 4.79 Å². The summed E-state index contributed by atoms with van der Waals surface area (Å²) in [6, 6.07) is 14.4. The van der Waals surface area contributed by atoms with Crippen molar-refractivity contribution < 1.29 is 19.1 Å². The molecule has 0 fully saturated rings. The molecule has 2 aliphatic rings. The Morgan fingerprint density at radius 1 is 1.09 bits per heavy atom. The van der Waals surface area contributed by atoms with E-state index in [1.807, 2.05) is 36.4 Å². The van der Waals surface area contributed by atoms with Crippen molar-refractivity contribution >= 4 is 23.2 Å². The van der Waals surface area contributed by atoms with Gasteiger partial charge < -0.3 is 20.1 Å². The number of aromatic nitrogens is 2. The Morgan fingerprint density at radius 2 is 1.83 bits per heavy atom. The normalized spacial score (nSPS) is 18.3. The molecule has 8 heteroatoms. The zero-order valence-electron chi connectivity index (χ0n) is 20.2. The second-order valence-electron chi connectivity index (χ2n) is 9.67. The molecular formula is C27H28N4O4. The van der Waals surface area contributed by atoms with Crippen molar-refractivity contribution in [3.63, 3.8) is 0 Å². The first-order valence-electron chi connectivity index (χ1n) is 11.5. The van der Waals surface area contributed by atoms with Crippen molar-refractivity contribution in [2.45, 2.75) is 32.7 Å². The average molecular weight is 473 g/mol. The number of Topliss-reactive ketones (excluding diaryl/α,β-unsaturated/α-hetero) is 1. The molecule has 0 spiro atoms. The van der Waals surface area contributed by atoms with Crippen LogP contribution in [0.2, 0.25) is 0 Å². The number of rotatable bonds is 5. The number of hydrogen-bond acceptors (Lipinski definition) is 6. The molecule has 0 saturated heterocycles. The second-order valence-corrected chi connectivity index (χ2v) is 9.67. The van der Waals surface area contributed by atoms with Gasteiger partial charge in [-0.1, -0.05) is 32.0 Å². The minimum absolute atomic E-state index is 0.0908. The molecule has 180 valence electrons. The number of carbonyl (C=O) groups excluding carboxylic acids is 2. The third-order valence-electron chi connectivity index (χ3n) is 6.51. The maximum absolute atomic E-state index is 13.3. The van der Waals surface area contributed by atoms with Gasteiger partial charge in [-0.15, -0.1) is 0 Å². The standard InChI is InChI=1S/C27H28N4O4/c1-27(2)13-21-23(22(32)14-27)24(16-8-10-18(34-3)11-9-16)31-25(30-21)20(15-28-31)26(33)29-17-6-5-7-19(12-17)35-4/h5-12,15,24,30H,13-14H2,1-4H3,(H,29,33)/t24-/m1/s1. The number of amides is 1. The number of hydrogen-bond donors (Lipinski definition) is 2. The maximum atomic E-state index is 13.3. The van der Waals surface area contributed by atoms with Crippen LogP contribution in [0, 0.1) is 5.41 Å². The van der Waals surface area contributed by atoms with Crippen LogP contribution in [0.15, 0.2) is 66.0 Å². The Kier molecular flexibility index (Phi) is 5.59. The SMILES string of the molecule is COc1ccc([C@@H]2C3=C(CC(C)(C)CC3=O)Nc3c(C(=O)Nc4cccc(OC)c4)cnn32)cc1. The van der Waals surface area contributed by atoms with Gasteiger partial charge in [-0.2, -0.15) is 5.10 Å². The van der Waals surface area contributed by atoms with Crippen LogP contribution in [0.5, 0.6) is 11.5 Å². The predicted octanol–water partition coefficient (Wildman–Crippen LogP) is 4.81. The number of anilines is 2. The van der Waals surface area contributed by atoms with E-state index in [0.717, 1.165) is 17.0 Å². The van der Waals surface area contributed by atoms with Gasteiger partial charge in [0.15, 0.2) is 5.78 Å². The molecule has 1 aromatic heterocycles. The van der Waals surface area contributed by atoms with Crippen LogP contribution in [0.1, 0.15) is 48.7 Å². The number of nitrogens with one attached hydrogen (secondary N) is 2. The van der Waals surface area contributed by atoms with Gasteiger partial charge in [0.05, 0.1) is 20.4 Å². The minimum atomic E-state index is -0.436. The quantitative estimate of drug-likeness (QED) is 0.553. The summed E-state index contributed by atoms with van der Waals surface area (Å²) in [6.45, 7) is 4.17. The van der Waals surface area contributed by atoms with Crippen molar-refractivity contribution in [2.24, 2.45) is 5.41 Å². The summed E-state index contributed by atoms with van der Waals surface area (Å²) < 4.78 is 12.3. The van der Waals surface area contributed by atoms with Gasteiger partial charge in [-0.05, 0) is 41.7 Å². The van der Waals surface area contributed by atoms with Crippen LogP contribution >= 0.6 is 0 Å². The van der Waals surface area contributed by atoms with Crippen LogP contribution in [-0.4, -0.2) is 35.7 Å². The van der Waals surface area contributed by atoms with Crippen molar-refractivity contribution in [1.29, 1.82) is 0 Å². The summed E-state index contributed by atoms with van der Waals surface area (Å²) in [4.78, 5) is 26.6. The van der Waals surface area contributed by atoms with Gasteiger partial charge in [0, 0.05) is 29.4 Å². The molecule has 1 atom stereocenters. The molecule has 35 heavy (non-hydrogen) atoms. The highest BCUT2D eigenvalue weighted by Gasteiger charge is 2.42. The number of fused-ring (bicyclic) bond motifs is 1. The summed E-state index contributed by atoms with van der Waals surface area (Å²) in [7, 11) is 3.20. The first kappa shape index (κ1) is 22.7. The van der Waals surface area contributed by atoms with Crippen LogP contribution < -0.4 is 20.1 Å². The summed E-state index contributed by atoms with van der Waals surface area (Å²) in [5, 5.41) is 10.9. The molecule has 0 unspecified atom stereocenters.